The number of rotatable bonds is 4. The van der Waals surface area contributed by atoms with Gasteiger partial charge in [-0.2, -0.15) is 0 Å². The Bertz CT molecular complexity index is 1040. The smallest absolute Gasteiger partial charge is 0.248 e. The van der Waals surface area contributed by atoms with E-state index < -0.39 is 6.10 Å². The number of nitrogens with one attached hydrogen (secondary N) is 2. The van der Waals surface area contributed by atoms with Crippen molar-refractivity contribution in [3.63, 3.8) is 0 Å². The lowest BCUT2D eigenvalue weighted by Crippen LogP contribution is -2.33. The number of aromatic amines is 1. The third kappa shape index (κ3) is 3.34. The Hall–Kier alpha value is -2.70. The van der Waals surface area contributed by atoms with E-state index in [2.05, 4.69) is 28.3 Å². The predicted octanol–water partition coefficient (Wildman–Crippen LogP) is 2.04. The number of fused-ring (bicyclic) bond motifs is 2. The number of hydrogen-bond acceptors (Lipinski definition) is 5. The minimum absolute atomic E-state index is 0.00494. The van der Waals surface area contributed by atoms with Crippen molar-refractivity contribution in [2.45, 2.75) is 38.8 Å². The number of nitrogens with zero attached hydrogens (tertiary/aromatic N) is 1. The third-order valence-corrected chi connectivity index (χ3v) is 5.41. The van der Waals surface area contributed by atoms with E-state index in [1.165, 1.54) is 23.3 Å². The van der Waals surface area contributed by atoms with Crippen molar-refractivity contribution < 1.29 is 10.2 Å². The van der Waals surface area contributed by atoms with Crippen LogP contribution in [0.15, 0.2) is 35.1 Å². The molecule has 0 radical (unpaired) electrons. The van der Waals surface area contributed by atoms with Crippen LogP contribution in [0.1, 0.15) is 34.2 Å². The summed E-state index contributed by atoms with van der Waals surface area (Å²) in [6.07, 6.45) is 1.01. The van der Waals surface area contributed by atoms with Crippen LogP contribution in [0.3, 0.4) is 0 Å². The minimum Gasteiger partial charge on any atom is -0.506 e. The van der Waals surface area contributed by atoms with Crippen molar-refractivity contribution >= 4 is 10.9 Å². The molecule has 2 atom stereocenters. The predicted molar refractivity (Wildman–Crippen MR) is 104 cm³/mol. The molecule has 0 amide bonds. The molecule has 6 heteroatoms. The molecule has 1 unspecified atom stereocenters. The van der Waals surface area contributed by atoms with Gasteiger partial charge in [-0.05, 0) is 49.1 Å². The van der Waals surface area contributed by atoms with Crippen molar-refractivity contribution in [1.29, 1.82) is 0 Å². The first-order chi connectivity index (χ1) is 12.9. The van der Waals surface area contributed by atoms with E-state index in [0.29, 0.717) is 23.0 Å². The molecule has 6 nitrogen and oxygen atoms in total. The highest BCUT2D eigenvalue weighted by atomic mass is 16.3. The Morgan fingerprint density at radius 1 is 1.26 bits per heavy atom. The van der Waals surface area contributed by atoms with Crippen molar-refractivity contribution in [2.75, 3.05) is 6.54 Å². The first kappa shape index (κ1) is 17.7. The number of phenolic OH excluding ortho intramolecular Hbond substituents is 1. The van der Waals surface area contributed by atoms with Crippen LogP contribution in [0.2, 0.25) is 0 Å². The summed E-state index contributed by atoms with van der Waals surface area (Å²) in [4.78, 5) is 18.8. The van der Waals surface area contributed by atoms with Gasteiger partial charge in [-0.25, -0.2) is 0 Å². The highest BCUT2D eigenvalue weighted by molar-refractivity contribution is 5.87. The molecule has 140 valence electrons. The summed E-state index contributed by atoms with van der Waals surface area (Å²) in [5, 5.41) is 24.7. The molecule has 2 heterocycles. The Balaban J connectivity index is 1.49. The second-order valence-corrected chi connectivity index (χ2v) is 7.31. The Kier molecular flexibility index (Phi) is 4.45. The SMILES string of the molecule is Cc1cc2c(nc1C)CC(NC[C@H](O)c1ccc(O)c3[nH]c(=O)ccc13)C2. The van der Waals surface area contributed by atoms with Gasteiger partial charge in [0.25, 0.3) is 0 Å². The molecule has 27 heavy (non-hydrogen) atoms. The number of pyridine rings is 2. The number of aliphatic hydroxyl groups excluding tert-OH is 1. The maximum absolute atomic E-state index is 11.5. The van der Waals surface area contributed by atoms with Crippen molar-refractivity contribution in [2.24, 2.45) is 0 Å². The molecular formula is C21H23N3O3. The van der Waals surface area contributed by atoms with Crippen molar-refractivity contribution in [3.8, 4) is 5.75 Å². The number of hydrogen-bond donors (Lipinski definition) is 4. The summed E-state index contributed by atoms with van der Waals surface area (Å²) in [7, 11) is 0. The average molecular weight is 365 g/mol. The summed E-state index contributed by atoms with van der Waals surface area (Å²) in [6.45, 7) is 4.49. The van der Waals surface area contributed by atoms with E-state index in [1.807, 2.05) is 6.92 Å². The normalized spacial score (nSPS) is 17.2. The highest BCUT2D eigenvalue weighted by Gasteiger charge is 2.24. The lowest BCUT2D eigenvalue weighted by Gasteiger charge is -2.18. The summed E-state index contributed by atoms with van der Waals surface area (Å²) >= 11 is 0. The number of aryl methyl sites for hydroxylation is 2. The molecule has 2 aromatic heterocycles. The van der Waals surface area contributed by atoms with Crippen LogP contribution in [0, 0.1) is 13.8 Å². The Labute approximate surface area is 156 Å². The standard InChI is InChI=1S/C21H23N3O3/c1-11-7-13-8-14(9-17(13)23-12(11)2)22-10-19(26)15-3-5-18(25)21-16(15)4-6-20(27)24-21/h3-7,14,19,22,25-26H,8-10H2,1-2H3,(H,24,27)/t14?,19-/m0/s1. The fourth-order valence-electron chi connectivity index (χ4n) is 3.82. The molecule has 0 fully saturated rings. The second-order valence-electron chi connectivity index (χ2n) is 7.31. The maximum atomic E-state index is 11.5. The van der Waals surface area contributed by atoms with Crippen LogP contribution in [0.5, 0.6) is 5.75 Å². The number of H-pyrrole nitrogens is 1. The van der Waals surface area contributed by atoms with Crippen LogP contribution >= 0.6 is 0 Å². The van der Waals surface area contributed by atoms with Gasteiger partial charge in [0.1, 0.15) is 5.75 Å². The molecule has 0 saturated heterocycles. The molecule has 1 aliphatic rings. The van der Waals surface area contributed by atoms with Crippen LogP contribution in [0.25, 0.3) is 10.9 Å². The van der Waals surface area contributed by atoms with Gasteiger partial charge in [-0.15, -0.1) is 0 Å². The van der Waals surface area contributed by atoms with Gasteiger partial charge in [0.15, 0.2) is 0 Å². The van der Waals surface area contributed by atoms with Gasteiger partial charge >= 0.3 is 0 Å². The molecule has 0 aliphatic heterocycles. The van der Waals surface area contributed by atoms with E-state index in [9.17, 15) is 15.0 Å². The quantitative estimate of drug-likeness (QED) is 0.567. The Morgan fingerprint density at radius 2 is 2.07 bits per heavy atom. The maximum Gasteiger partial charge on any atom is 0.248 e. The molecule has 4 rings (SSSR count). The average Bonchev–Trinajstić information content (AvgIpc) is 3.02. The first-order valence-corrected chi connectivity index (χ1v) is 9.14. The number of benzene rings is 1. The van der Waals surface area contributed by atoms with Crippen LogP contribution in [-0.4, -0.2) is 32.8 Å². The Morgan fingerprint density at radius 3 is 2.89 bits per heavy atom. The van der Waals surface area contributed by atoms with E-state index in [4.69, 9.17) is 0 Å². The fraction of sp³-hybridized carbons (Fsp3) is 0.333. The molecule has 1 aliphatic carbocycles. The minimum atomic E-state index is -0.751. The number of phenols is 1. The van der Waals surface area contributed by atoms with Crippen LogP contribution < -0.4 is 10.9 Å². The van der Waals surface area contributed by atoms with Crippen LogP contribution in [-0.2, 0) is 12.8 Å². The number of aromatic hydroxyl groups is 1. The highest BCUT2D eigenvalue weighted by Crippen LogP contribution is 2.29. The van der Waals surface area contributed by atoms with E-state index in [1.54, 1.807) is 12.1 Å². The number of aliphatic hydroxyl groups is 1. The molecule has 4 N–H and O–H groups in total. The van der Waals surface area contributed by atoms with E-state index >= 15 is 0 Å². The molecule has 0 spiro atoms. The van der Waals surface area contributed by atoms with Gasteiger partial charge in [0.2, 0.25) is 5.56 Å². The lowest BCUT2D eigenvalue weighted by molar-refractivity contribution is 0.171. The number of aromatic nitrogens is 2. The van der Waals surface area contributed by atoms with Crippen LogP contribution in [0.4, 0.5) is 0 Å². The molecular weight excluding hydrogens is 342 g/mol. The van der Waals surface area contributed by atoms with Gasteiger partial charge in [-0.3, -0.25) is 9.78 Å². The lowest BCUT2D eigenvalue weighted by atomic mass is 10.0. The second kappa shape index (κ2) is 6.79. The van der Waals surface area contributed by atoms with Crippen molar-refractivity contribution in [1.82, 2.24) is 15.3 Å². The zero-order valence-corrected chi connectivity index (χ0v) is 15.4. The zero-order valence-electron chi connectivity index (χ0n) is 15.4. The molecule has 0 saturated carbocycles. The zero-order chi connectivity index (χ0) is 19.1. The van der Waals surface area contributed by atoms with Gasteiger partial charge in [0, 0.05) is 41.8 Å². The largest absolute Gasteiger partial charge is 0.506 e. The van der Waals surface area contributed by atoms with E-state index in [0.717, 1.165) is 24.2 Å². The fourth-order valence-corrected chi connectivity index (χ4v) is 3.82. The van der Waals surface area contributed by atoms with Crippen molar-refractivity contribution in [3.05, 3.63) is 68.8 Å². The first-order valence-electron chi connectivity index (χ1n) is 9.14. The molecule has 1 aromatic carbocycles. The summed E-state index contributed by atoms with van der Waals surface area (Å²) < 4.78 is 0. The van der Waals surface area contributed by atoms with Gasteiger partial charge < -0.3 is 20.5 Å². The topological polar surface area (TPSA) is 98.2 Å². The molecule has 3 aromatic rings. The summed E-state index contributed by atoms with van der Waals surface area (Å²) in [5.74, 6) is -0.00494. The van der Waals surface area contributed by atoms with Gasteiger partial charge in [-0.1, -0.05) is 12.1 Å². The van der Waals surface area contributed by atoms with E-state index in [-0.39, 0.29) is 17.4 Å². The summed E-state index contributed by atoms with van der Waals surface area (Å²) in [5.41, 5.74) is 5.42. The third-order valence-electron chi connectivity index (χ3n) is 5.41. The summed E-state index contributed by atoms with van der Waals surface area (Å²) in [6, 6.07) is 8.67. The molecule has 0 bridgehead atoms. The monoisotopic (exact) mass is 365 g/mol. The van der Waals surface area contributed by atoms with Gasteiger partial charge in [0.05, 0.1) is 11.6 Å².